The highest BCUT2D eigenvalue weighted by Crippen LogP contribution is 2.03. The van der Waals surface area contributed by atoms with Crippen LogP contribution in [0.5, 0.6) is 0 Å². The fourth-order valence-electron chi connectivity index (χ4n) is 1.21. The molecular weight excluding hydrogens is 192 g/mol. The van der Waals surface area contributed by atoms with Crippen molar-refractivity contribution in [3.63, 3.8) is 0 Å². The van der Waals surface area contributed by atoms with E-state index in [1.54, 1.807) is 29.9 Å². The van der Waals surface area contributed by atoms with Crippen LogP contribution in [-0.2, 0) is 11.8 Å². The van der Waals surface area contributed by atoms with E-state index in [0.717, 1.165) is 18.7 Å². The Balaban J connectivity index is 2.15. The van der Waals surface area contributed by atoms with Gasteiger partial charge in [0.05, 0.1) is 11.9 Å². The molecule has 0 unspecified atom stereocenters. The molecule has 1 aromatic rings. The summed E-state index contributed by atoms with van der Waals surface area (Å²) >= 11 is 0. The van der Waals surface area contributed by atoms with Crippen molar-refractivity contribution in [2.75, 3.05) is 26.0 Å². The Bertz CT molecular complexity index is 319. The van der Waals surface area contributed by atoms with Crippen LogP contribution < -0.4 is 5.32 Å². The number of aromatic nitrogens is 2. The van der Waals surface area contributed by atoms with Crippen molar-refractivity contribution in [2.24, 2.45) is 7.05 Å². The van der Waals surface area contributed by atoms with E-state index in [2.05, 4.69) is 10.4 Å². The molecule has 15 heavy (non-hydrogen) atoms. The topological polar surface area (TPSA) is 50.2 Å². The lowest BCUT2D eigenvalue weighted by molar-refractivity contribution is -0.128. The zero-order valence-corrected chi connectivity index (χ0v) is 9.53. The van der Waals surface area contributed by atoms with Gasteiger partial charge in [0.25, 0.3) is 0 Å². The fourth-order valence-corrected chi connectivity index (χ4v) is 1.21. The van der Waals surface area contributed by atoms with Gasteiger partial charge in [-0.15, -0.1) is 0 Å². The molecule has 0 bridgehead atoms. The third-order valence-electron chi connectivity index (χ3n) is 2.10. The van der Waals surface area contributed by atoms with E-state index in [1.807, 2.05) is 13.2 Å². The second-order valence-electron chi connectivity index (χ2n) is 3.72. The van der Waals surface area contributed by atoms with E-state index in [-0.39, 0.29) is 5.91 Å². The number of carbonyl (C=O) groups excluding carboxylic acids is 1. The minimum atomic E-state index is 0.169. The predicted octanol–water partition coefficient (Wildman–Crippen LogP) is 0.700. The largest absolute Gasteiger partial charge is 0.382 e. The second-order valence-corrected chi connectivity index (χ2v) is 3.72. The summed E-state index contributed by atoms with van der Waals surface area (Å²) in [5.74, 6) is 0.169. The third kappa shape index (κ3) is 4.01. The third-order valence-corrected chi connectivity index (χ3v) is 2.10. The van der Waals surface area contributed by atoms with E-state index in [0.29, 0.717) is 6.42 Å². The summed E-state index contributed by atoms with van der Waals surface area (Å²) < 4.78 is 1.74. The average Bonchev–Trinajstić information content (AvgIpc) is 2.58. The molecule has 5 heteroatoms. The number of rotatable bonds is 5. The Morgan fingerprint density at radius 1 is 1.60 bits per heavy atom. The number of anilines is 1. The van der Waals surface area contributed by atoms with Gasteiger partial charge in [-0.05, 0) is 6.42 Å². The van der Waals surface area contributed by atoms with E-state index >= 15 is 0 Å². The number of aryl methyl sites for hydroxylation is 1. The van der Waals surface area contributed by atoms with E-state index < -0.39 is 0 Å². The van der Waals surface area contributed by atoms with Gasteiger partial charge in [-0.2, -0.15) is 5.10 Å². The normalized spacial score (nSPS) is 10.1. The molecule has 0 atom stereocenters. The SMILES string of the molecule is CN(C)C(=O)CCCNc1cnn(C)c1. The lowest BCUT2D eigenvalue weighted by atomic mass is 10.3. The van der Waals surface area contributed by atoms with Crippen LogP contribution >= 0.6 is 0 Å². The number of amides is 1. The maximum Gasteiger partial charge on any atom is 0.222 e. The minimum absolute atomic E-state index is 0.169. The van der Waals surface area contributed by atoms with E-state index in [1.165, 1.54) is 0 Å². The van der Waals surface area contributed by atoms with Crippen LogP contribution in [-0.4, -0.2) is 41.2 Å². The molecule has 1 heterocycles. The van der Waals surface area contributed by atoms with Gasteiger partial charge in [0.2, 0.25) is 5.91 Å². The van der Waals surface area contributed by atoms with Gasteiger partial charge in [0.1, 0.15) is 0 Å². The van der Waals surface area contributed by atoms with E-state index in [4.69, 9.17) is 0 Å². The minimum Gasteiger partial charge on any atom is -0.382 e. The Morgan fingerprint density at radius 2 is 2.33 bits per heavy atom. The average molecular weight is 210 g/mol. The van der Waals surface area contributed by atoms with Crippen molar-refractivity contribution in [1.29, 1.82) is 0 Å². The highest BCUT2D eigenvalue weighted by Gasteiger charge is 2.02. The van der Waals surface area contributed by atoms with Crippen molar-refractivity contribution in [3.8, 4) is 0 Å². The number of hydrogen-bond donors (Lipinski definition) is 1. The molecule has 5 nitrogen and oxygen atoms in total. The molecule has 1 aromatic heterocycles. The molecule has 0 aromatic carbocycles. The Labute approximate surface area is 90.1 Å². The lowest BCUT2D eigenvalue weighted by Gasteiger charge is -2.09. The van der Waals surface area contributed by atoms with Crippen molar-refractivity contribution in [3.05, 3.63) is 12.4 Å². The molecule has 1 rings (SSSR count). The maximum absolute atomic E-state index is 11.2. The molecule has 0 fully saturated rings. The molecule has 0 aliphatic heterocycles. The van der Waals surface area contributed by atoms with Crippen LogP contribution in [0.1, 0.15) is 12.8 Å². The van der Waals surface area contributed by atoms with Gasteiger partial charge in [-0.25, -0.2) is 0 Å². The first-order valence-electron chi connectivity index (χ1n) is 5.02. The highest BCUT2D eigenvalue weighted by atomic mass is 16.2. The summed E-state index contributed by atoms with van der Waals surface area (Å²) in [6.07, 6.45) is 5.10. The Morgan fingerprint density at radius 3 is 2.87 bits per heavy atom. The molecule has 84 valence electrons. The quantitative estimate of drug-likeness (QED) is 0.728. The molecule has 0 aliphatic rings. The monoisotopic (exact) mass is 210 g/mol. The number of nitrogens with zero attached hydrogens (tertiary/aromatic N) is 3. The van der Waals surface area contributed by atoms with Crippen molar-refractivity contribution < 1.29 is 4.79 Å². The molecular formula is C10H18N4O. The van der Waals surface area contributed by atoms with Gasteiger partial charge < -0.3 is 10.2 Å². The first kappa shape index (κ1) is 11.6. The van der Waals surface area contributed by atoms with Crippen LogP contribution in [0.3, 0.4) is 0 Å². The molecule has 0 saturated carbocycles. The van der Waals surface area contributed by atoms with Gasteiger partial charge in [0.15, 0.2) is 0 Å². The summed E-state index contributed by atoms with van der Waals surface area (Å²) in [6.45, 7) is 0.797. The summed E-state index contributed by atoms with van der Waals surface area (Å²) in [7, 11) is 5.43. The van der Waals surface area contributed by atoms with Crippen LogP contribution in [0.15, 0.2) is 12.4 Å². The van der Waals surface area contributed by atoms with Gasteiger partial charge >= 0.3 is 0 Å². The van der Waals surface area contributed by atoms with Crippen LogP contribution in [0.2, 0.25) is 0 Å². The number of carbonyl (C=O) groups is 1. The molecule has 0 radical (unpaired) electrons. The zero-order valence-electron chi connectivity index (χ0n) is 9.53. The van der Waals surface area contributed by atoms with Crippen LogP contribution in [0, 0.1) is 0 Å². The van der Waals surface area contributed by atoms with Crippen molar-refractivity contribution in [1.82, 2.24) is 14.7 Å². The first-order valence-corrected chi connectivity index (χ1v) is 5.02. The van der Waals surface area contributed by atoms with Gasteiger partial charge in [-0.3, -0.25) is 9.48 Å². The Hall–Kier alpha value is -1.52. The molecule has 0 aliphatic carbocycles. The zero-order chi connectivity index (χ0) is 11.3. The summed E-state index contributed by atoms with van der Waals surface area (Å²) in [5.41, 5.74) is 0.995. The number of nitrogens with one attached hydrogen (secondary N) is 1. The molecule has 1 amide bonds. The van der Waals surface area contributed by atoms with Crippen molar-refractivity contribution >= 4 is 11.6 Å². The predicted molar refractivity (Wildman–Crippen MR) is 59.6 cm³/mol. The molecule has 0 saturated heterocycles. The first-order chi connectivity index (χ1) is 7.09. The summed E-state index contributed by atoms with van der Waals surface area (Å²) in [5, 5.41) is 7.24. The lowest BCUT2D eigenvalue weighted by Crippen LogP contribution is -2.21. The smallest absolute Gasteiger partial charge is 0.222 e. The van der Waals surface area contributed by atoms with Crippen molar-refractivity contribution in [2.45, 2.75) is 12.8 Å². The maximum atomic E-state index is 11.2. The standard InChI is InChI=1S/C10H18N4O/c1-13(2)10(15)5-4-6-11-9-7-12-14(3)8-9/h7-8,11H,4-6H2,1-3H3. The fraction of sp³-hybridized carbons (Fsp3) is 0.600. The van der Waals surface area contributed by atoms with Crippen LogP contribution in [0.4, 0.5) is 5.69 Å². The highest BCUT2D eigenvalue weighted by molar-refractivity contribution is 5.75. The number of hydrogen-bond acceptors (Lipinski definition) is 3. The summed E-state index contributed by atoms with van der Waals surface area (Å²) in [6, 6.07) is 0. The van der Waals surface area contributed by atoms with Gasteiger partial charge in [-0.1, -0.05) is 0 Å². The summed E-state index contributed by atoms with van der Waals surface area (Å²) in [4.78, 5) is 12.9. The second kappa shape index (κ2) is 5.38. The van der Waals surface area contributed by atoms with Gasteiger partial charge in [0, 0.05) is 40.3 Å². The Kier molecular flexibility index (Phi) is 4.15. The van der Waals surface area contributed by atoms with E-state index in [9.17, 15) is 4.79 Å². The molecule has 1 N–H and O–H groups in total. The molecule has 0 spiro atoms. The van der Waals surface area contributed by atoms with Crippen LogP contribution in [0.25, 0.3) is 0 Å².